The average Bonchev–Trinajstić information content (AvgIpc) is 3.04. The van der Waals surface area contributed by atoms with Crippen LogP contribution in [-0.2, 0) is 24.3 Å². The van der Waals surface area contributed by atoms with Crippen LogP contribution in [-0.4, -0.2) is 25.0 Å². The molecule has 3 rings (SSSR count). The van der Waals surface area contributed by atoms with E-state index in [1.165, 1.54) is 4.57 Å². The standard InChI is InChI=1S/C22H28ClN5O3/c1-4-5-11-27-20-19(21(30)26-22(27)31)28(13-14(2)3)17(25-20)9-10-18(29)24-16-8-6-7-15(23)12-16/h6-8,12,14H,4-5,9-11,13H2,1-3H3,(H,24,29)(H,26,30,31). The number of benzene rings is 1. The molecular formula is C22H28ClN5O3. The van der Waals surface area contributed by atoms with Gasteiger partial charge in [-0.05, 0) is 30.5 Å². The number of aromatic nitrogens is 4. The maximum atomic E-state index is 12.6. The van der Waals surface area contributed by atoms with Crippen LogP contribution >= 0.6 is 11.6 Å². The average molecular weight is 446 g/mol. The largest absolute Gasteiger partial charge is 0.330 e. The molecule has 0 spiro atoms. The lowest BCUT2D eigenvalue weighted by Crippen LogP contribution is -2.31. The summed E-state index contributed by atoms with van der Waals surface area (Å²) in [5.74, 6) is 0.695. The maximum Gasteiger partial charge on any atom is 0.330 e. The van der Waals surface area contributed by atoms with Gasteiger partial charge in [-0.1, -0.05) is 44.9 Å². The zero-order valence-electron chi connectivity index (χ0n) is 18.1. The van der Waals surface area contributed by atoms with Gasteiger partial charge in [0.25, 0.3) is 5.56 Å². The van der Waals surface area contributed by atoms with Crippen molar-refractivity contribution in [1.29, 1.82) is 0 Å². The van der Waals surface area contributed by atoms with Crippen LogP contribution in [0.1, 0.15) is 45.9 Å². The van der Waals surface area contributed by atoms with E-state index in [4.69, 9.17) is 11.6 Å². The molecule has 3 aromatic rings. The summed E-state index contributed by atoms with van der Waals surface area (Å²) in [5, 5.41) is 3.37. The predicted molar refractivity (Wildman–Crippen MR) is 123 cm³/mol. The molecule has 0 aliphatic rings. The van der Waals surface area contributed by atoms with Crippen molar-refractivity contribution in [2.24, 2.45) is 5.92 Å². The molecule has 166 valence electrons. The Morgan fingerprint density at radius 1 is 1.26 bits per heavy atom. The van der Waals surface area contributed by atoms with E-state index < -0.39 is 11.2 Å². The number of amides is 1. The highest BCUT2D eigenvalue weighted by molar-refractivity contribution is 6.30. The molecule has 1 amide bonds. The van der Waals surface area contributed by atoms with Gasteiger partial charge >= 0.3 is 5.69 Å². The van der Waals surface area contributed by atoms with E-state index in [-0.39, 0.29) is 18.2 Å². The van der Waals surface area contributed by atoms with Gasteiger partial charge in [0, 0.05) is 36.6 Å². The molecule has 0 aliphatic heterocycles. The van der Waals surface area contributed by atoms with Gasteiger partial charge in [0.05, 0.1) is 0 Å². The fourth-order valence-electron chi connectivity index (χ4n) is 3.51. The molecule has 2 aromatic heterocycles. The highest BCUT2D eigenvalue weighted by atomic mass is 35.5. The number of unbranched alkanes of at least 4 members (excludes halogenated alkanes) is 1. The van der Waals surface area contributed by atoms with Crippen LogP contribution in [0.2, 0.25) is 5.02 Å². The first kappa shape index (κ1) is 22.8. The summed E-state index contributed by atoms with van der Waals surface area (Å²) < 4.78 is 3.36. The minimum Gasteiger partial charge on any atom is -0.326 e. The molecule has 8 nitrogen and oxygen atoms in total. The number of rotatable bonds is 9. The highest BCUT2D eigenvalue weighted by Crippen LogP contribution is 2.18. The second-order valence-corrected chi connectivity index (χ2v) is 8.46. The van der Waals surface area contributed by atoms with Crippen molar-refractivity contribution in [3.05, 3.63) is 56.0 Å². The predicted octanol–water partition coefficient (Wildman–Crippen LogP) is 3.57. The van der Waals surface area contributed by atoms with Crippen molar-refractivity contribution >= 4 is 34.4 Å². The van der Waals surface area contributed by atoms with Crippen molar-refractivity contribution in [1.82, 2.24) is 19.1 Å². The fraction of sp³-hybridized carbons (Fsp3) is 0.455. The number of H-pyrrole nitrogens is 1. The zero-order valence-corrected chi connectivity index (χ0v) is 18.8. The zero-order chi connectivity index (χ0) is 22.5. The van der Waals surface area contributed by atoms with Gasteiger partial charge in [-0.25, -0.2) is 9.78 Å². The Morgan fingerprint density at radius 2 is 2.03 bits per heavy atom. The second-order valence-electron chi connectivity index (χ2n) is 8.03. The van der Waals surface area contributed by atoms with E-state index in [9.17, 15) is 14.4 Å². The number of nitrogens with zero attached hydrogens (tertiary/aromatic N) is 3. The molecule has 2 N–H and O–H groups in total. The first-order valence-corrected chi connectivity index (χ1v) is 11.0. The van der Waals surface area contributed by atoms with Crippen LogP contribution in [0.25, 0.3) is 11.2 Å². The van der Waals surface area contributed by atoms with Crippen molar-refractivity contribution in [2.45, 2.75) is 59.5 Å². The molecule has 0 saturated carbocycles. The summed E-state index contributed by atoms with van der Waals surface area (Å²) >= 11 is 5.97. The molecule has 0 unspecified atom stereocenters. The molecule has 1 aromatic carbocycles. The van der Waals surface area contributed by atoms with Crippen LogP contribution in [0, 0.1) is 5.92 Å². The molecule has 0 atom stereocenters. The van der Waals surface area contributed by atoms with Crippen LogP contribution in [0.5, 0.6) is 0 Å². The molecule has 31 heavy (non-hydrogen) atoms. The van der Waals surface area contributed by atoms with Crippen molar-refractivity contribution < 1.29 is 4.79 Å². The third kappa shape index (κ3) is 5.44. The number of carbonyl (C=O) groups is 1. The van der Waals surface area contributed by atoms with Gasteiger partial charge in [-0.3, -0.25) is 19.1 Å². The second kappa shape index (κ2) is 9.96. The van der Waals surface area contributed by atoms with Crippen molar-refractivity contribution in [3.8, 4) is 0 Å². The number of hydrogen-bond acceptors (Lipinski definition) is 4. The van der Waals surface area contributed by atoms with E-state index in [2.05, 4.69) is 15.3 Å². The van der Waals surface area contributed by atoms with E-state index in [0.29, 0.717) is 47.2 Å². The van der Waals surface area contributed by atoms with Crippen LogP contribution in [0.4, 0.5) is 5.69 Å². The van der Waals surface area contributed by atoms with E-state index in [1.54, 1.807) is 24.3 Å². The first-order valence-electron chi connectivity index (χ1n) is 10.6. The van der Waals surface area contributed by atoms with E-state index in [1.807, 2.05) is 25.3 Å². The number of hydrogen-bond donors (Lipinski definition) is 2. The smallest absolute Gasteiger partial charge is 0.326 e. The molecule has 0 fully saturated rings. The summed E-state index contributed by atoms with van der Waals surface area (Å²) in [5.41, 5.74) is 0.488. The SMILES string of the molecule is CCCCn1c(=O)[nH]c(=O)c2c1nc(CCC(=O)Nc1cccc(Cl)c1)n2CC(C)C. The Morgan fingerprint density at radius 3 is 2.71 bits per heavy atom. The molecule has 0 aliphatic carbocycles. The Labute approximate surface area is 185 Å². The molecule has 2 heterocycles. The van der Waals surface area contributed by atoms with Crippen LogP contribution in [0.3, 0.4) is 0 Å². The minimum absolute atomic E-state index is 0.178. The Hall–Kier alpha value is -2.87. The van der Waals surface area contributed by atoms with E-state index >= 15 is 0 Å². The summed E-state index contributed by atoms with van der Waals surface area (Å²) in [6.07, 6.45) is 2.24. The van der Waals surface area contributed by atoms with Gasteiger partial charge in [0.2, 0.25) is 5.91 Å². The summed E-state index contributed by atoms with van der Waals surface area (Å²) in [4.78, 5) is 44.5. The summed E-state index contributed by atoms with van der Waals surface area (Å²) in [6.45, 7) is 7.17. The molecule has 0 radical (unpaired) electrons. The molecule has 9 heteroatoms. The Bertz CT molecular complexity index is 1190. The van der Waals surface area contributed by atoms with Crippen molar-refractivity contribution in [2.75, 3.05) is 5.32 Å². The number of aryl methyl sites for hydroxylation is 2. The third-order valence-electron chi connectivity index (χ3n) is 4.93. The topological polar surface area (TPSA) is 102 Å². The first-order chi connectivity index (χ1) is 14.8. The van der Waals surface area contributed by atoms with E-state index in [0.717, 1.165) is 12.8 Å². The highest BCUT2D eigenvalue weighted by Gasteiger charge is 2.19. The third-order valence-corrected chi connectivity index (χ3v) is 5.17. The molecule has 0 saturated heterocycles. The van der Waals surface area contributed by atoms with Gasteiger partial charge < -0.3 is 9.88 Å². The lowest BCUT2D eigenvalue weighted by molar-refractivity contribution is -0.116. The molecule has 0 bridgehead atoms. The number of carbonyl (C=O) groups excluding carboxylic acids is 1. The Kier molecular flexibility index (Phi) is 7.33. The minimum atomic E-state index is -0.453. The normalized spacial score (nSPS) is 11.4. The summed E-state index contributed by atoms with van der Waals surface area (Å²) in [7, 11) is 0. The number of nitrogens with one attached hydrogen (secondary N) is 2. The van der Waals surface area contributed by atoms with Crippen LogP contribution < -0.4 is 16.6 Å². The monoisotopic (exact) mass is 445 g/mol. The van der Waals surface area contributed by atoms with Crippen LogP contribution in [0.15, 0.2) is 33.9 Å². The van der Waals surface area contributed by atoms with Gasteiger partial charge in [-0.2, -0.15) is 0 Å². The number of imidazole rings is 1. The quantitative estimate of drug-likeness (QED) is 0.525. The van der Waals surface area contributed by atoms with Crippen molar-refractivity contribution in [3.63, 3.8) is 0 Å². The lowest BCUT2D eigenvalue weighted by atomic mass is 10.2. The van der Waals surface area contributed by atoms with Gasteiger partial charge in [0.1, 0.15) is 5.82 Å². The lowest BCUT2D eigenvalue weighted by Gasteiger charge is -2.11. The fourth-order valence-corrected chi connectivity index (χ4v) is 3.70. The number of anilines is 1. The number of aromatic amines is 1. The van der Waals surface area contributed by atoms with Gasteiger partial charge in [0.15, 0.2) is 11.2 Å². The number of halogens is 1. The number of fused-ring (bicyclic) bond motifs is 1. The summed E-state index contributed by atoms with van der Waals surface area (Å²) in [6, 6.07) is 6.95. The Balaban J connectivity index is 1.93. The maximum absolute atomic E-state index is 12.6. The van der Waals surface area contributed by atoms with Gasteiger partial charge in [-0.15, -0.1) is 0 Å². The molecular weight excluding hydrogens is 418 g/mol.